The fourth-order valence-electron chi connectivity index (χ4n) is 2.28. The van der Waals surface area contributed by atoms with Crippen LogP contribution < -0.4 is 0 Å². The van der Waals surface area contributed by atoms with Crippen molar-refractivity contribution in [1.82, 2.24) is 9.80 Å². The first-order valence-electron chi connectivity index (χ1n) is 6.75. The highest BCUT2D eigenvalue weighted by atomic mass is 16.4. The molecule has 1 fully saturated rings. The number of piperazine rings is 1. The summed E-state index contributed by atoms with van der Waals surface area (Å²) in [5, 5.41) is 17.6. The third-order valence-electron chi connectivity index (χ3n) is 3.44. The summed E-state index contributed by atoms with van der Waals surface area (Å²) in [6.07, 6.45) is 2.76. The lowest BCUT2D eigenvalue weighted by molar-refractivity contribution is 0.103. The molecule has 5 heteroatoms. The molecule has 0 radical (unpaired) electrons. The Morgan fingerprint density at radius 2 is 1.80 bits per heavy atom. The molecule has 0 unspecified atom stereocenters. The van der Waals surface area contributed by atoms with Gasteiger partial charge in [0.05, 0.1) is 6.61 Å². The van der Waals surface area contributed by atoms with Gasteiger partial charge in [0.25, 0.3) is 0 Å². The monoisotopic (exact) mass is 276 g/mol. The van der Waals surface area contributed by atoms with Crippen molar-refractivity contribution in [1.29, 1.82) is 0 Å². The van der Waals surface area contributed by atoms with Crippen molar-refractivity contribution in [2.75, 3.05) is 32.8 Å². The van der Waals surface area contributed by atoms with Crippen LogP contribution in [0.25, 0.3) is 6.08 Å². The van der Waals surface area contributed by atoms with Gasteiger partial charge in [0, 0.05) is 32.7 Å². The first-order chi connectivity index (χ1) is 9.69. The lowest BCUT2D eigenvalue weighted by atomic mass is 10.1. The number of rotatable bonds is 4. The van der Waals surface area contributed by atoms with Crippen LogP contribution in [0, 0.1) is 0 Å². The van der Waals surface area contributed by atoms with Crippen LogP contribution in [0.3, 0.4) is 0 Å². The predicted molar refractivity (Wildman–Crippen MR) is 77.4 cm³/mol. The molecule has 0 spiro atoms. The number of benzene rings is 1. The molecule has 1 aliphatic heterocycles. The number of carboxylic acid groups (broad SMARTS) is 1. The quantitative estimate of drug-likeness (QED) is 0.874. The smallest absolute Gasteiger partial charge is 0.407 e. The van der Waals surface area contributed by atoms with Crippen LogP contribution >= 0.6 is 0 Å². The van der Waals surface area contributed by atoms with Gasteiger partial charge in [-0.15, -0.1) is 0 Å². The molecular weight excluding hydrogens is 256 g/mol. The van der Waals surface area contributed by atoms with Gasteiger partial charge in [0.2, 0.25) is 0 Å². The number of amides is 1. The van der Waals surface area contributed by atoms with E-state index in [2.05, 4.69) is 17.0 Å². The van der Waals surface area contributed by atoms with Crippen molar-refractivity contribution in [2.24, 2.45) is 0 Å². The summed E-state index contributed by atoms with van der Waals surface area (Å²) >= 11 is 0. The van der Waals surface area contributed by atoms with E-state index < -0.39 is 6.09 Å². The van der Waals surface area contributed by atoms with Crippen molar-refractivity contribution in [3.8, 4) is 0 Å². The summed E-state index contributed by atoms with van der Waals surface area (Å²) in [5.74, 6) is 0. The second-order valence-electron chi connectivity index (χ2n) is 4.87. The van der Waals surface area contributed by atoms with Crippen molar-refractivity contribution in [2.45, 2.75) is 6.54 Å². The van der Waals surface area contributed by atoms with E-state index in [1.165, 1.54) is 10.5 Å². The standard InChI is InChI=1S/C15H20N2O3/c18-11-1-2-13-3-5-14(6-4-13)12-16-7-9-17(10-8-16)15(19)20/h1-6,18H,7-12H2,(H,19,20). The lowest BCUT2D eigenvalue weighted by Gasteiger charge is -2.33. The molecule has 1 aromatic carbocycles. The molecule has 5 nitrogen and oxygen atoms in total. The largest absolute Gasteiger partial charge is 0.465 e. The Hall–Kier alpha value is -1.85. The van der Waals surface area contributed by atoms with E-state index in [9.17, 15) is 4.79 Å². The summed E-state index contributed by atoms with van der Waals surface area (Å²) in [4.78, 5) is 14.5. The number of nitrogens with zero attached hydrogens (tertiary/aromatic N) is 2. The van der Waals surface area contributed by atoms with Crippen molar-refractivity contribution < 1.29 is 15.0 Å². The SMILES string of the molecule is O=C(O)N1CCN(Cc2ccc(C=CCO)cc2)CC1. The zero-order valence-electron chi connectivity index (χ0n) is 11.4. The second-order valence-corrected chi connectivity index (χ2v) is 4.87. The topological polar surface area (TPSA) is 64.0 Å². The maximum absolute atomic E-state index is 10.8. The van der Waals surface area contributed by atoms with E-state index in [1.807, 2.05) is 18.2 Å². The summed E-state index contributed by atoms with van der Waals surface area (Å²) in [7, 11) is 0. The fraction of sp³-hybridized carbons (Fsp3) is 0.400. The van der Waals surface area contributed by atoms with Gasteiger partial charge >= 0.3 is 6.09 Å². The van der Waals surface area contributed by atoms with Gasteiger partial charge in [0.15, 0.2) is 0 Å². The van der Waals surface area contributed by atoms with Gasteiger partial charge in [-0.05, 0) is 11.1 Å². The first kappa shape index (κ1) is 14.6. The molecule has 2 N–H and O–H groups in total. The Labute approximate surface area is 118 Å². The van der Waals surface area contributed by atoms with E-state index in [4.69, 9.17) is 10.2 Å². The zero-order valence-corrected chi connectivity index (χ0v) is 11.4. The molecule has 0 bridgehead atoms. The molecule has 0 aliphatic carbocycles. The average Bonchev–Trinajstić information content (AvgIpc) is 2.47. The number of carbonyl (C=O) groups is 1. The van der Waals surface area contributed by atoms with Gasteiger partial charge in [0.1, 0.15) is 0 Å². The van der Waals surface area contributed by atoms with Crippen molar-refractivity contribution in [3.63, 3.8) is 0 Å². The summed E-state index contributed by atoms with van der Waals surface area (Å²) in [6.45, 7) is 3.60. The van der Waals surface area contributed by atoms with E-state index in [0.717, 1.165) is 25.2 Å². The Bertz CT molecular complexity index is 463. The van der Waals surface area contributed by atoms with Gasteiger partial charge < -0.3 is 15.1 Å². The summed E-state index contributed by atoms with van der Waals surface area (Å²) in [6, 6.07) is 8.19. The highest BCUT2D eigenvalue weighted by Gasteiger charge is 2.19. The second kappa shape index (κ2) is 7.07. The summed E-state index contributed by atoms with van der Waals surface area (Å²) in [5.41, 5.74) is 2.29. The maximum atomic E-state index is 10.8. The number of aliphatic hydroxyl groups excluding tert-OH is 1. The van der Waals surface area contributed by atoms with Crippen LogP contribution in [0.15, 0.2) is 30.3 Å². The minimum Gasteiger partial charge on any atom is -0.465 e. The molecule has 1 amide bonds. The van der Waals surface area contributed by atoms with E-state index >= 15 is 0 Å². The van der Waals surface area contributed by atoms with E-state index in [1.54, 1.807) is 6.08 Å². The molecule has 20 heavy (non-hydrogen) atoms. The molecule has 2 rings (SSSR count). The fourth-order valence-corrected chi connectivity index (χ4v) is 2.28. The predicted octanol–water partition coefficient (Wildman–Crippen LogP) is 1.49. The van der Waals surface area contributed by atoms with E-state index in [-0.39, 0.29) is 6.61 Å². The Morgan fingerprint density at radius 1 is 1.15 bits per heavy atom. The highest BCUT2D eigenvalue weighted by Crippen LogP contribution is 2.11. The molecular formula is C15H20N2O3. The Balaban J connectivity index is 1.85. The van der Waals surface area contributed by atoms with Crippen LogP contribution in [0.5, 0.6) is 0 Å². The molecule has 1 heterocycles. The zero-order chi connectivity index (χ0) is 14.4. The van der Waals surface area contributed by atoms with Gasteiger partial charge in [-0.2, -0.15) is 0 Å². The van der Waals surface area contributed by atoms with Crippen LogP contribution in [0.2, 0.25) is 0 Å². The third kappa shape index (κ3) is 4.08. The number of aliphatic hydroxyl groups is 1. The number of hydrogen-bond donors (Lipinski definition) is 2. The van der Waals surface area contributed by atoms with Crippen LogP contribution in [0.4, 0.5) is 4.79 Å². The third-order valence-corrected chi connectivity index (χ3v) is 3.44. The molecule has 0 aromatic heterocycles. The van der Waals surface area contributed by atoms with Gasteiger partial charge in [-0.1, -0.05) is 36.4 Å². The average molecular weight is 276 g/mol. The lowest BCUT2D eigenvalue weighted by Crippen LogP contribution is -2.47. The molecule has 1 aliphatic rings. The Kier molecular flexibility index (Phi) is 5.15. The van der Waals surface area contributed by atoms with Gasteiger partial charge in [-0.25, -0.2) is 4.79 Å². The van der Waals surface area contributed by atoms with Gasteiger partial charge in [-0.3, -0.25) is 4.90 Å². The normalized spacial score (nSPS) is 16.8. The molecule has 108 valence electrons. The molecule has 0 atom stereocenters. The maximum Gasteiger partial charge on any atom is 0.407 e. The molecule has 1 saturated heterocycles. The van der Waals surface area contributed by atoms with Crippen LogP contribution in [-0.4, -0.2) is 58.9 Å². The molecule has 1 aromatic rings. The van der Waals surface area contributed by atoms with Crippen LogP contribution in [-0.2, 0) is 6.54 Å². The van der Waals surface area contributed by atoms with E-state index in [0.29, 0.717) is 13.1 Å². The minimum absolute atomic E-state index is 0.0512. The van der Waals surface area contributed by atoms with Crippen LogP contribution in [0.1, 0.15) is 11.1 Å². The Morgan fingerprint density at radius 3 is 2.35 bits per heavy atom. The first-order valence-corrected chi connectivity index (χ1v) is 6.75. The van der Waals surface area contributed by atoms with Crippen molar-refractivity contribution in [3.05, 3.63) is 41.5 Å². The van der Waals surface area contributed by atoms with Crippen molar-refractivity contribution >= 4 is 12.2 Å². The summed E-state index contributed by atoms with van der Waals surface area (Å²) < 4.78 is 0. The number of hydrogen-bond acceptors (Lipinski definition) is 3. The molecule has 0 saturated carbocycles. The minimum atomic E-state index is -0.829. The highest BCUT2D eigenvalue weighted by molar-refractivity contribution is 5.65.